The molecule has 0 heterocycles. The van der Waals surface area contributed by atoms with E-state index in [4.69, 9.17) is 10.5 Å². The molecule has 0 bridgehead atoms. The summed E-state index contributed by atoms with van der Waals surface area (Å²) in [5.74, 6) is 0.818. The highest BCUT2D eigenvalue weighted by Gasteiger charge is 2.18. The molecular formula is C15H23NO2. The molecule has 1 aromatic carbocycles. The number of rotatable bonds is 7. The predicted molar refractivity (Wildman–Crippen MR) is 74.0 cm³/mol. The van der Waals surface area contributed by atoms with Crippen molar-refractivity contribution in [3.63, 3.8) is 0 Å². The second-order valence-electron chi connectivity index (χ2n) is 4.87. The third-order valence-electron chi connectivity index (χ3n) is 3.12. The molecule has 1 rings (SSSR count). The molecule has 2 unspecified atom stereocenters. The van der Waals surface area contributed by atoms with Crippen LogP contribution in [0.1, 0.15) is 43.5 Å². The first kappa shape index (κ1) is 14.7. The second-order valence-corrected chi connectivity index (χ2v) is 4.87. The van der Waals surface area contributed by atoms with Crippen LogP contribution in [0.25, 0.3) is 0 Å². The summed E-state index contributed by atoms with van der Waals surface area (Å²) in [5, 5.41) is 0. The number of ketones is 1. The van der Waals surface area contributed by atoms with Crippen molar-refractivity contribution in [1.29, 1.82) is 0 Å². The molecule has 0 spiro atoms. The van der Waals surface area contributed by atoms with Gasteiger partial charge in [0, 0.05) is 12.0 Å². The molecule has 0 aliphatic carbocycles. The number of methoxy groups -OCH3 is 1. The first-order chi connectivity index (χ1) is 8.56. The number of carbonyl (C=O) groups is 1. The van der Waals surface area contributed by atoms with Gasteiger partial charge in [-0.2, -0.15) is 0 Å². The van der Waals surface area contributed by atoms with Crippen molar-refractivity contribution in [2.45, 2.75) is 39.2 Å². The molecule has 0 aliphatic heterocycles. The Morgan fingerprint density at radius 3 is 2.56 bits per heavy atom. The standard InChI is InChI=1S/C15H23NO2/c1-11(7-6-8-12(2)16)15(17)13-9-4-5-10-14(13)18-3/h4-5,9-12H,6-8,16H2,1-3H3. The first-order valence-electron chi connectivity index (χ1n) is 6.49. The van der Waals surface area contributed by atoms with Gasteiger partial charge in [0.1, 0.15) is 5.75 Å². The maximum absolute atomic E-state index is 12.3. The van der Waals surface area contributed by atoms with Gasteiger partial charge in [0.05, 0.1) is 12.7 Å². The van der Waals surface area contributed by atoms with Crippen molar-refractivity contribution >= 4 is 5.78 Å². The Morgan fingerprint density at radius 2 is 1.94 bits per heavy atom. The highest BCUT2D eigenvalue weighted by Crippen LogP contribution is 2.23. The van der Waals surface area contributed by atoms with Crippen molar-refractivity contribution in [2.75, 3.05) is 7.11 Å². The fraction of sp³-hybridized carbons (Fsp3) is 0.533. The van der Waals surface area contributed by atoms with Gasteiger partial charge in [-0.1, -0.05) is 25.5 Å². The molecule has 0 saturated carbocycles. The number of ether oxygens (including phenoxy) is 1. The molecule has 3 nitrogen and oxygen atoms in total. The maximum Gasteiger partial charge on any atom is 0.169 e. The zero-order chi connectivity index (χ0) is 13.5. The van der Waals surface area contributed by atoms with E-state index < -0.39 is 0 Å². The van der Waals surface area contributed by atoms with Crippen molar-refractivity contribution in [2.24, 2.45) is 11.7 Å². The molecular weight excluding hydrogens is 226 g/mol. The minimum atomic E-state index is 0.0139. The van der Waals surface area contributed by atoms with Gasteiger partial charge in [-0.25, -0.2) is 0 Å². The molecule has 2 atom stereocenters. The van der Waals surface area contributed by atoms with Crippen LogP contribution < -0.4 is 10.5 Å². The van der Waals surface area contributed by atoms with Gasteiger partial charge in [0.25, 0.3) is 0 Å². The zero-order valence-electron chi connectivity index (χ0n) is 11.5. The molecule has 0 radical (unpaired) electrons. The van der Waals surface area contributed by atoms with Gasteiger partial charge < -0.3 is 10.5 Å². The molecule has 0 aliphatic rings. The molecule has 0 fully saturated rings. The lowest BCUT2D eigenvalue weighted by Crippen LogP contribution is -2.16. The normalized spacial score (nSPS) is 14.0. The fourth-order valence-electron chi connectivity index (χ4n) is 1.99. The second kappa shape index (κ2) is 7.17. The summed E-state index contributed by atoms with van der Waals surface area (Å²) in [6.07, 6.45) is 2.82. The van der Waals surface area contributed by atoms with Crippen LogP contribution in [0.15, 0.2) is 24.3 Å². The Morgan fingerprint density at radius 1 is 1.28 bits per heavy atom. The highest BCUT2D eigenvalue weighted by molar-refractivity contribution is 6.00. The van der Waals surface area contributed by atoms with E-state index in [0.29, 0.717) is 11.3 Å². The summed E-state index contributed by atoms with van der Waals surface area (Å²) in [6, 6.07) is 7.59. The summed E-state index contributed by atoms with van der Waals surface area (Å²) in [6.45, 7) is 3.96. The quantitative estimate of drug-likeness (QED) is 0.756. The van der Waals surface area contributed by atoms with Gasteiger partial charge in [0.2, 0.25) is 0 Å². The van der Waals surface area contributed by atoms with Crippen LogP contribution in [0.5, 0.6) is 5.75 Å². The molecule has 0 saturated heterocycles. The minimum Gasteiger partial charge on any atom is -0.496 e. The van der Waals surface area contributed by atoms with Crippen molar-refractivity contribution in [3.8, 4) is 5.75 Å². The van der Waals surface area contributed by atoms with Crippen LogP contribution in [0, 0.1) is 5.92 Å². The van der Waals surface area contributed by atoms with Crippen LogP contribution in [-0.2, 0) is 0 Å². The van der Waals surface area contributed by atoms with E-state index in [9.17, 15) is 4.79 Å². The van der Waals surface area contributed by atoms with E-state index in [-0.39, 0.29) is 17.7 Å². The number of para-hydroxylation sites is 1. The Bertz CT molecular complexity index is 388. The summed E-state index contributed by atoms with van der Waals surface area (Å²) in [5.41, 5.74) is 6.38. The van der Waals surface area contributed by atoms with E-state index in [1.165, 1.54) is 0 Å². The van der Waals surface area contributed by atoms with Crippen molar-refractivity contribution in [1.82, 2.24) is 0 Å². The molecule has 2 N–H and O–H groups in total. The topological polar surface area (TPSA) is 52.3 Å². The van der Waals surface area contributed by atoms with Crippen LogP contribution >= 0.6 is 0 Å². The Hall–Kier alpha value is -1.35. The van der Waals surface area contributed by atoms with Gasteiger partial charge in [-0.15, -0.1) is 0 Å². The molecule has 1 aromatic rings. The molecule has 18 heavy (non-hydrogen) atoms. The van der Waals surface area contributed by atoms with Crippen molar-refractivity contribution in [3.05, 3.63) is 29.8 Å². The molecule has 0 aromatic heterocycles. The maximum atomic E-state index is 12.3. The summed E-state index contributed by atoms with van der Waals surface area (Å²) in [7, 11) is 1.59. The Labute approximate surface area is 109 Å². The SMILES string of the molecule is COc1ccccc1C(=O)C(C)CCCC(C)N. The fourth-order valence-corrected chi connectivity index (χ4v) is 1.99. The minimum absolute atomic E-state index is 0.0139. The smallest absolute Gasteiger partial charge is 0.169 e. The van der Waals surface area contributed by atoms with E-state index in [2.05, 4.69) is 0 Å². The number of hydrogen-bond donors (Lipinski definition) is 1. The number of carbonyl (C=O) groups excluding carboxylic acids is 1. The average Bonchev–Trinajstić information content (AvgIpc) is 2.37. The predicted octanol–water partition coefficient (Wildman–Crippen LogP) is 3.03. The zero-order valence-corrected chi connectivity index (χ0v) is 11.5. The lowest BCUT2D eigenvalue weighted by Gasteiger charge is -2.13. The van der Waals surface area contributed by atoms with Crippen molar-refractivity contribution < 1.29 is 9.53 Å². The highest BCUT2D eigenvalue weighted by atomic mass is 16.5. The van der Waals surface area contributed by atoms with Crippen LogP contribution in [0.2, 0.25) is 0 Å². The van der Waals surface area contributed by atoms with E-state index in [1.807, 2.05) is 38.1 Å². The lowest BCUT2D eigenvalue weighted by atomic mass is 9.93. The largest absolute Gasteiger partial charge is 0.496 e. The van der Waals surface area contributed by atoms with Gasteiger partial charge in [-0.05, 0) is 31.9 Å². The first-order valence-corrected chi connectivity index (χ1v) is 6.49. The average molecular weight is 249 g/mol. The van der Waals surface area contributed by atoms with E-state index in [1.54, 1.807) is 7.11 Å². The molecule has 3 heteroatoms. The monoisotopic (exact) mass is 249 g/mol. The van der Waals surface area contributed by atoms with Crippen LogP contribution in [-0.4, -0.2) is 18.9 Å². The Balaban J connectivity index is 2.62. The number of nitrogens with two attached hydrogens (primary N) is 1. The number of benzene rings is 1. The number of hydrogen-bond acceptors (Lipinski definition) is 3. The Kier molecular flexibility index (Phi) is 5.86. The lowest BCUT2D eigenvalue weighted by molar-refractivity contribution is 0.0919. The third-order valence-corrected chi connectivity index (χ3v) is 3.12. The van der Waals surface area contributed by atoms with Gasteiger partial charge in [0.15, 0.2) is 5.78 Å². The number of Topliss-reactive ketones (excluding diaryl/α,β-unsaturated/α-hetero) is 1. The summed E-state index contributed by atoms with van der Waals surface area (Å²) >= 11 is 0. The van der Waals surface area contributed by atoms with Gasteiger partial charge in [-0.3, -0.25) is 4.79 Å². The third kappa shape index (κ3) is 4.15. The van der Waals surface area contributed by atoms with E-state index in [0.717, 1.165) is 19.3 Å². The van der Waals surface area contributed by atoms with E-state index >= 15 is 0 Å². The van der Waals surface area contributed by atoms with Crippen LogP contribution in [0.3, 0.4) is 0 Å². The summed E-state index contributed by atoms with van der Waals surface area (Å²) < 4.78 is 5.22. The van der Waals surface area contributed by atoms with Gasteiger partial charge >= 0.3 is 0 Å². The molecule has 100 valence electrons. The molecule has 0 amide bonds. The summed E-state index contributed by atoms with van der Waals surface area (Å²) in [4.78, 5) is 12.3. The van der Waals surface area contributed by atoms with Crippen LogP contribution in [0.4, 0.5) is 0 Å².